The van der Waals surface area contributed by atoms with Gasteiger partial charge in [0, 0.05) is 25.0 Å². The van der Waals surface area contributed by atoms with Crippen molar-refractivity contribution in [2.24, 2.45) is 5.92 Å². The third-order valence-electron chi connectivity index (χ3n) is 5.91. The van der Waals surface area contributed by atoms with Gasteiger partial charge in [0.1, 0.15) is 5.75 Å². The summed E-state index contributed by atoms with van der Waals surface area (Å²) < 4.78 is 5.87. The lowest BCUT2D eigenvalue weighted by molar-refractivity contribution is -0.135. The van der Waals surface area contributed by atoms with Gasteiger partial charge in [-0.2, -0.15) is 0 Å². The van der Waals surface area contributed by atoms with Crippen LogP contribution in [0.4, 0.5) is 0 Å². The Bertz CT molecular complexity index is 858. The van der Waals surface area contributed by atoms with Gasteiger partial charge in [-0.25, -0.2) is 0 Å². The summed E-state index contributed by atoms with van der Waals surface area (Å²) in [7, 11) is 0. The van der Waals surface area contributed by atoms with E-state index < -0.39 is 0 Å². The van der Waals surface area contributed by atoms with Crippen LogP contribution in [0.25, 0.3) is 10.8 Å². The summed E-state index contributed by atoms with van der Waals surface area (Å²) in [5.74, 6) is 1.13. The van der Waals surface area contributed by atoms with Gasteiger partial charge < -0.3 is 20.3 Å². The highest BCUT2D eigenvalue weighted by atomic mass is 16.5. The van der Waals surface area contributed by atoms with Gasteiger partial charge in [0.05, 0.1) is 6.04 Å². The highest BCUT2D eigenvalue weighted by Crippen LogP contribution is 2.25. The molecule has 2 aromatic carbocycles. The van der Waals surface area contributed by atoms with Crippen molar-refractivity contribution >= 4 is 22.6 Å². The second kappa shape index (κ2) is 9.27. The fraction of sp³-hybridized carbons (Fsp3) is 0.478. The quantitative estimate of drug-likeness (QED) is 0.788. The van der Waals surface area contributed by atoms with E-state index in [4.69, 9.17) is 4.74 Å². The zero-order valence-electron chi connectivity index (χ0n) is 16.7. The molecule has 29 heavy (non-hydrogen) atoms. The summed E-state index contributed by atoms with van der Waals surface area (Å²) in [6.07, 6.45) is 3.96. The maximum absolute atomic E-state index is 12.7. The van der Waals surface area contributed by atoms with E-state index in [9.17, 15) is 9.59 Å². The van der Waals surface area contributed by atoms with Crippen molar-refractivity contribution in [3.05, 3.63) is 42.5 Å². The topological polar surface area (TPSA) is 70.7 Å². The molecule has 6 heteroatoms. The lowest BCUT2D eigenvalue weighted by atomic mass is 9.97. The van der Waals surface area contributed by atoms with Gasteiger partial charge in [-0.3, -0.25) is 9.59 Å². The molecule has 2 unspecified atom stereocenters. The van der Waals surface area contributed by atoms with Crippen molar-refractivity contribution in [1.82, 2.24) is 15.5 Å². The number of carbonyl (C=O) groups excluding carboxylic acids is 2. The summed E-state index contributed by atoms with van der Waals surface area (Å²) in [6.45, 7) is 3.02. The highest BCUT2D eigenvalue weighted by molar-refractivity contribution is 5.88. The predicted octanol–water partition coefficient (Wildman–Crippen LogP) is 2.33. The van der Waals surface area contributed by atoms with Gasteiger partial charge in [-0.05, 0) is 49.6 Å². The molecule has 154 valence electrons. The summed E-state index contributed by atoms with van der Waals surface area (Å²) >= 11 is 0. The van der Waals surface area contributed by atoms with E-state index in [0.717, 1.165) is 55.3 Å². The van der Waals surface area contributed by atoms with Gasteiger partial charge in [0.15, 0.2) is 6.61 Å². The van der Waals surface area contributed by atoms with Crippen molar-refractivity contribution in [2.75, 3.05) is 32.8 Å². The van der Waals surface area contributed by atoms with Gasteiger partial charge in [0.2, 0.25) is 5.91 Å². The molecule has 2 aliphatic rings. The Labute approximate surface area is 171 Å². The van der Waals surface area contributed by atoms with Crippen LogP contribution in [0.5, 0.6) is 5.75 Å². The van der Waals surface area contributed by atoms with E-state index in [1.54, 1.807) is 0 Å². The van der Waals surface area contributed by atoms with E-state index >= 15 is 0 Å². The Morgan fingerprint density at radius 2 is 1.97 bits per heavy atom. The van der Waals surface area contributed by atoms with E-state index in [0.29, 0.717) is 19.0 Å². The normalized spacial score (nSPS) is 21.9. The van der Waals surface area contributed by atoms with E-state index in [2.05, 4.69) is 10.6 Å². The minimum atomic E-state index is -0.0505. The number of nitrogens with one attached hydrogen (secondary N) is 2. The number of amides is 2. The first-order valence-corrected chi connectivity index (χ1v) is 10.6. The van der Waals surface area contributed by atoms with Crippen LogP contribution in [-0.4, -0.2) is 55.5 Å². The van der Waals surface area contributed by atoms with Crippen molar-refractivity contribution < 1.29 is 14.3 Å². The molecule has 2 atom stereocenters. The molecule has 0 bridgehead atoms. The standard InChI is InChI=1S/C23H29N3O3/c27-22(16-29-21-11-3-8-18-7-1-2-9-19(18)21)26-13-5-6-17(15-26)14-25-23(28)20-10-4-12-24-20/h1-3,7-9,11,17,20,24H,4-6,10,12-16H2,(H,25,28). The fourth-order valence-electron chi connectivity index (χ4n) is 4.29. The molecule has 2 saturated heterocycles. The largest absolute Gasteiger partial charge is 0.483 e. The molecular formula is C23H29N3O3. The Hall–Kier alpha value is -2.60. The van der Waals surface area contributed by atoms with Crippen molar-refractivity contribution in [1.29, 1.82) is 0 Å². The lowest BCUT2D eigenvalue weighted by Gasteiger charge is -2.33. The summed E-state index contributed by atoms with van der Waals surface area (Å²) in [5, 5.41) is 8.40. The SMILES string of the molecule is O=C(NCC1CCCN(C(=O)COc2cccc3ccccc23)C1)C1CCCN1. The number of carbonyl (C=O) groups is 2. The molecule has 0 spiro atoms. The zero-order valence-corrected chi connectivity index (χ0v) is 16.7. The molecule has 2 aromatic rings. The molecule has 2 fully saturated rings. The number of benzene rings is 2. The minimum absolute atomic E-state index is 0.00594. The average molecular weight is 396 g/mol. The number of ether oxygens (including phenoxy) is 1. The van der Waals surface area contributed by atoms with E-state index in [1.807, 2.05) is 47.4 Å². The molecular weight excluding hydrogens is 366 g/mol. The highest BCUT2D eigenvalue weighted by Gasteiger charge is 2.26. The molecule has 2 amide bonds. The van der Waals surface area contributed by atoms with Crippen LogP contribution >= 0.6 is 0 Å². The predicted molar refractivity (Wildman–Crippen MR) is 113 cm³/mol. The van der Waals surface area contributed by atoms with E-state index in [1.165, 1.54) is 0 Å². The van der Waals surface area contributed by atoms with Gasteiger partial charge in [-0.15, -0.1) is 0 Å². The van der Waals surface area contributed by atoms with Gasteiger partial charge in [0.25, 0.3) is 5.91 Å². The zero-order chi connectivity index (χ0) is 20.1. The second-order valence-electron chi connectivity index (χ2n) is 8.01. The number of likely N-dealkylation sites (tertiary alicyclic amines) is 1. The molecule has 0 aromatic heterocycles. The Morgan fingerprint density at radius 1 is 1.10 bits per heavy atom. The Kier molecular flexibility index (Phi) is 6.30. The van der Waals surface area contributed by atoms with Crippen LogP contribution in [0.3, 0.4) is 0 Å². The first-order valence-electron chi connectivity index (χ1n) is 10.6. The first kappa shape index (κ1) is 19.7. The third kappa shape index (κ3) is 4.88. The average Bonchev–Trinajstić information content (AvgIpc) is 3.31. The number of rotatable bonds is 6. The van der Waals surface area contributed by atoms with Crippen molar-refractivity contribution in [3.8, 4) is 5.75 Å². The maximum atomic E-state index is 12.7. The summed E-state index contributed by atoms with van der Waals surface area (Å²) in [6, 6.07) is 13.8. The van der Waals surface area contributed by atoms with Crippen LogP contribution < -0.4 is 15.4 Å². The van der Waals surface area contributed by atoms with E-state index in [-0.39, 0.29) is 24.5 Å². The fourth-order valence-corrected chi connectivity index (χ4v) is 4.29. The number of hydrogen-bond donors (Lipinski definition) is 2. The Morgan fingerprint density at radius 3 is 2.83 bits per heavy atom. The summed E-state index contributed by atoms with van der Waals surface area (Å²) in [5.41, 5.74) is 0. The van der Waals surface area contributed by atoms with Gasteiger partial charge in [-0.1, -0.05) is 36.4 Å². The minimum Gasteiger partial charge on any atom is -0.483 e. The molecule has 0 radical (unpaired) electrons. The van der Waals surface area contributed by atoms with Crippen molar-refractivity contribution in [3.63, 3.8) is 0 Å². The van der Waals surface area contributed by atoms with Gasteiger partial charge >= 0.3 is 0 Å². The maximum Gasteiger partial charge on any atom is 0.260 e. The Balaban J connectivity index is 1.27. The van der Waals surface area contributed by atoms with Crippen LogP contribution in [0.2, 0.25) is 0 Å². The molecule has 2 heterocycles. The second-order valence-corrected chi connectivity index (χ2v) is 8.01. The number of fused-ring (bicyclic) bond motifs is 1. The number of hydrogen-bond acceptors (Lipinski definition) is 4. The third-order valence-corrected chi connectivity index (χ3v) is 5.91. The van der Waals surface area contributed by atoms with Crippen molar-refractivity contribution in [2.45, 2.75) is 31.7 Å². The lowest BCUT2D eigenvalue weighted by Crippen LogP contribution is -2.47. The molecule has 6 nitrogen and oxygen atoms in total. The number of piperidine rings is 1. The van der Waals surface area contributed by atoms with Crippen LogP contribution in [0.15, 0.2) is 42.5 Å². The smallest absolute Gasteiger partial charge is 0.260 e. The van der Waals surface area contributed by atoms with Crippen LogP contribution in [-0.2, 0) is 9.59 Å². The van der Waals surface area contributed by atoms with Crippen LogP contribution in [0, 0.1) is 5.92 Å². The monoisotopic (exact) mass is 395 g/mol. The number of nitrogens with zero attached hydrogens (tertiary/aromatic N) is 1. The molecule has 2 N–H and O–H groups in total. The molecule has 2 aliphatic heterocycles. The molecule has 4 rings (SSSR count). The summed E-state index contributed by atoms with van der Waals surface area (Å²) in [4.78, 5) is 26.8. The first-order chi connectivity index (χ1) is 14.2. The molecule has 0 saturated carbocycles. The molecule has 0 aliphatic carbocycles. The van der Waals surface area contributed by atoms with Crippen LogP contribution in [0.1, 0.15) is 25.7 Å².